The maximum Gasteiger partial charge on any atom is 0 e. The molecule has 0 radical (unpaired) electrons. The van der Waals surface area contributed by atoms with Gasteiger partial charge in [0.1, 0.15) is 0 Å². The van der Waals surface area contributed by atoms with Gasteiger partial charge >= 0.3 is 0 Å². The first-order chi connectivity index (χ1) is 8.49. The van der Waals surface area contributed by atoms with Crippen molar-refractivity contribution >= 4 is 38.8 Å². The van der Waals surface area contributed by atoms with E-state index in [1.165, 1.54) is 0 Å². The van der Waals surface area contributed by atoms with Gasteiger partial charge in [0, 0.05) is 21.1 Å². The first-order valence-corrected chi connectivity index (χ1v) is 2.57. The van der Waals surface area contributed by atoms with Crippen LogP contribution < -0.4 is 0 Å². The third kappa shape index (κ3) is 456. The van der Waals surface area contributed by atoms with Crippen molar-refractivity contribution in [2.75, 3.05) is 0 Å². The molecule has 114 valence electrons. The van der Waals surface area contributed by atoms with Crippen LogP contribution in [0.2, 0.25) is 0 Å². The molecule has 0 heterocycles. The van der Waals surface area contributed by atoms with Crippen molar-refractivity contribution in [2.45, 2.75) is 0 Å². The van der Waals surface area contributed by atoms with E-state index in [2.05, 4.69) is 0 Å². The molecule has 19 heavy (non-hydrogen) atoms. The molecule has 12 nitrogen and oxygen atoms in total. The zero-order valence-corrected chi connectivity index (χ0v) is 11.5. The summed E-state index contributed by atoms with van der Waals surface area (Å²) in [6.45, 7) is 3.00. The molecule has 0 unspecified atom stereocenters. The van der Waals surface area contributed by atoms with E-state index in [1.807, 2.05) is 0 Å². The van der Waals surface area contributed by atoms with E-state index in [0.717, 1.165) is 0 Å². The predicted molar refractivity (Wildman–Crippen MR) is 49.9 cm³/mol. The van der Waals surface area contributed by atoms with Crippen LogP contribution >= 0.6 is 0 Å². The fourth-order valence-electron chi connectivity index (χ4n) is 0. The van der Waals surface area contributed by atoms with E-state index in [9.17, 15) is 0 Å². The van der Waals surface area contributed by atoms with Crippen LogP contribution in [0.4, 0.5) is 0 Å². The molecule has 0 amide bonds. The van der Waals surface area contributed by atoms with Gasteiger partial charge in [-0.15, -0.1) is 0 Å². The summed E-state index contributed by atoms with van der Waals surface area (Å²) in [5.41, 5.74) is 0. The monoisotopic (exact) mass is 454 g/mol. The number of hydrogen-bond donors (Lipinski definition) is 6. The Morgan fingerprint density at radius 2 is 0.368 bits per heavy atom. The zero-order valence-electron chi connectivity index (χ0n) is 8.54. The minimum Gasteiger partial charge on any atom is -0.665 e. The van der Waals surface area contributed by atoms with Gasteiger partial charge in [-0.25, -0.2) is 0 Å². The van der Waals surface area contributed by atoms with E-state index < -0.39 is 0 Å². The van der Waals surface area contributed by atoms with Crippen molar-refractivity contribution in [3.8, 4) is 0 Å². The van der Waals surface area contributed by atoms with Crippen LogP contribution in [0.15, 0.2) is 0 Å². The van der Waals surface area contributed by atoms with E-state index >= 15 is 0 Å². The van der Waals surface area contributed by atoms with Crippen LogP contribution in [0.1, 0.15) is 0 Å². The maximum absolute atomic E-state index is 8.24. The minimum atomic E-state index is 0. The molecule has 0 aromatic rings. The van der Waals surface area contributed by atoms with Crippen molar-refractivity contribution < 1.29 is 80.5 Å². The molecule has 6 N–H and O–H groups in total. The van der Waals surface area contributed by atoms with Gasteiger partial charge in [0.05, 0.1) is 0 Å². The van der Waals surface area contributed by atoms with Crippen molar-refractivity contribution in [3.05, 3.63) is 0 Å². The van der Waals surface area contributed by atoms with Crippen LogP contribution in [-0.2, 0) is 49.8 Å². The van der Waals surface area contributed by atoms with Crippen LogP contribution in [-0.4, -0.2) is 69.5 Å². The molecular formula is C6H6O12W-6. The normalized spacial score (nSPS) is 3.79. The van der Waals surface area contributed by atoms with Gasteiger partial charge < -0.3 is 59.4 Å². The number of aliphatic hydroxyl groups excluding tert-OH is 6. The van der Waals surface area contributed by atoms with Gasteiger partial charge in [0.2, 0.25) is 0 Å². The van der Waals surface area contributed by atoms with Crippen LogP contribution in [0.3, 0.4) is 0 Å². The Hall–Kier alpha value is -2.49. The van der Waals surface area contributed by atoms with E-state index in [0.29, 0.717) is 38.8 Å². The van der Waals surface area contributed by atoms with Gasteiger partial charge in [-0.05, 0) is 0 Å². The van der Waals surface area contributed by atoms with Crippen molar-refractivity contribution in [1.82, 2.24) is 0 Å². The molecule has 0 atom stereocenters. The summed E-state index contributed by atoms with van der Waals surface area (Å²) >= 11 is 0. The molecular weight excluding hydrogens is 448 g/mol. The molecule has 0 aliphatic rings. The molecule has 0 aromatic heterocycles. The fraction of sp³-hybridized carbons (Fsp3) is 0. The Bertz CT molecular complexity index is 114. The molecule has 0 fully saturated rings. The first kappa shape index (κ1) is 43.9. The van der Waals surface area contributed by atoms with Gasteiger partial charge in [-0.3, -0.25) is 0 Å². The second-order valence-electron chi connectivity index (χ2n) is 0.548. The van der Waals surface area contributed by atoms with Crippen molar-refractivity contribution in [3.63, 3.8) is 0 Å². The molecule has 0 aliphatic carbocycles. The van der Waals surface area contributed by atoms with Crippen LogP contribution in [0.25, 0.3) is 0 Å². The summed E-state index contributed by atoms with van der Waals surface area (Å²) in [5, 5.41) is 40.6. The van der Waals surface area contributed by atoms with Crippen molar-refractivity contribution in [1.29, 1.82) is 0 Å². The molecule has 0 saturated heterocycles. The molecule has 13 heteroatoms. The number of rotatable bonds is 0. The SMILES string of the molecule is O=[C-]O.O=[C-]O.O=[C-]O.O=[C-]O.O=[C-]O.O=[C-]O.[W]. The molecule has 0 rings (SSSR count). The average molecular weight is 454 g/mol. The summed E-state index contributed by atoms with van der Waals surface area (Å²) in [6.07, 6.45) is 0. The van der Waals surface area contributed by atoms with Gasteiger partial charge in [0.25, 0.3) is 0 Å². The molecule has 0 saturated carbocycles. The topological polar surface area (TPSA) is 224 Å². The van der Waals surface area contributed by atoms with Crippen LogP contribution in [0, 0.1) is 0 Å². The van der Waals surface area contributed by atoms with E-state index in [1.54, 1.807) is 0 Å². The molecule has 0 aromatic carbocycles. The number of hydrogen-bond acceptors (Lipinski definition) is 6. The Morgan fingerprint density at radius 1 is 0.368 bits per heavy atom. The average Bonchev–Trinajstić information content (AvgIpc) is 2.23. The summed E-state index contributed by atoms with van der Waals surface area (Å²) in [5.74, 6) is 0. The largest absolute Gasteiger partial charge is 0.665 e. The fourth-order valence-corrected chi connectivity index (χ4v) is 0. The molecule has 0 bridgehead atoms. The maximum atomic E-state index is 8.24. The molecule has 0 spiro atoms. The van der Waals surface area contributed by atoms with E-state index in [-0.39, 0.29) is 21.1 Å². The molecule has 0 aliphatic heterocycles. The third-order valence-electron chi connectivity index (χ3n) is 0. The Morgan fingerprint density at radius 3 is 0.368 bits per heavy atom. The van der Waals surface area contributed by atoms with Gasteiger partial charge in [0.15, 0.2) is 0 Å². The van der Waals surface area contributed by atoms with Crippen molar-refractivity contribution in [2.24, 2.45) is 0 Å². The van der Waals surface area contributed by atoms with E-state index in [4.69, 9.17) is 59.4 Å². The van der Waals surface area contributed by atoms with Crippen LogP contribution in [0.5, 0.6) is 0 Å². The first-order valence-electron chi connectivity index (χ1n) is 2.57. The Kier molecular flexibility index (Phi) is 613. The second-order valence-corrected chi connectivity index (χ2v) is 0.548. The summed E-state index contributed by atoms with van der Waals surface area (Å²) < 4.78 is 0. The summed E-state index contributed by atoms with van der Waals surface area (Å²) in [7, 11) is 0. The second kappa shape index (κ2) is 265. The summed E-state index contributed by atoms with van der Waals surface area (Å²) in [6, 6.07) is 0. The minimum absolute atomic E-state index is 0. The zero-order chi connectivity index (χ0) is 16.2. The van der Waals surface area contributed by atoms with Gasteiger partial charge in [-0.2, -0.15) is 0 Å². The Balaban J connectivity index is -0.0000000180. The Labute approximate surface area is 120 Å². The quantitative estimate of drug-likeness (QED) is 0.212. The summed E-state index contributed by atoms with van der Waals surface area (Å²) in [4.78, 5) is 49.4. The predicted octanol–water partition coefficient (Wildman–Crippen LogP) is -2.33. The standard InChI is InChI=1S/6CHO2.W/c6*2-1-3;/h6*(H,2,3);/q6*-1;. The smallest absolute Gasteiger partial charge is 0 e. The van der Waals surface area contributed by atoms with Gasteiger partial charge in [-0.1, -0.05) is 38.8 Å². The third-order valence-corrected chi connectivity index (χ3v) is 0.